The van der Waals surface area contributed by atoms with Gasteiger partial charge in [-0.2, -0.15) is 5.26 Å². The van der Waals surface area contributed by atoms with Crippen molar-refractivity contribution in [3.05, 3.63) is 100 Å². The maximum Gasteiger partial charge on any atom is 0.251 e. The summed E-state index contributed by atoms with van der Waals surface area (Å²) in [7, 11) is 0. The minimum atomic E-state index is -0.0750. The summed E-state index contributed by atoms with van der Waals surface area (Å²) in [5.74, 6) is 1.07. The highest BCUT2D eigenvalue weighted by atomic mass is 16.5. The second-order valence-electron chi connectivity index (χ2n) is 9.21. The van der Waals surface area contributed by atoms with Crippen molar-refractivity contribution in [2.45, 2.75) is 46.7 Å². The molecule has 3 aromatic carbocycles. The lowest BCUT2D eigenvalue weighted by Crippen LogP contribution is -2.22. The molecule has 5 heteroatoms. The van der Waals surface area contributed by atoms with E-state index < -0.39 is 0 Å². The van der Waals surface area contributed by atoms with E-state index in [4.69, 9.17) is 10.00 Å². The Morgan fingerprint density at radius 2 is 1.80 bits per heavy atom. The van der Waals surface area contributed by atoms with Crippen molar-refractivity contribution in [2.75, 3.05) is 6.61 Å². The van der Waals surface area contributed by atoms with Gasteiger partial charge in [-0.1, -0.05) is 50.2 Å². The number of amides is 1. The summed E-state index contributed by atoms with van der Waals surface area (Å²) < 4.78 is 7.71. The summed E-state index contributed by atoms with van der Waals surface area (Å²) >= 11 is 0. The van der Waals surface area contributed by atoms with E-state index in [0.29, 0.717) is 30.3 Å². The Bertz CT molecular complexity index is 1410. The number of benzene rings is 3. The molecule has 0 saturated carbocycles. The lowest BCUT2D eigenvalue weighted by molar-refractivity contribution is 0.0951. The monoisotopic (exact) mass is 465 g/mol. The largest absolute Gasteiger partial charge is 0.479 e. The van der Waals surface area contributed by atoms with Crippen molar-refractivity contribution in [1.82, 2.24) is 9.88 Å². The Morgan fingerprint density at radius 3 is 2.57 bits per heavy atom. The molecule has 5 nitrogen and oxygen atoms in total. The van der Waals surface area contributed by atoms with Crippen LogP contribution in [0.4, 0.5) is 0 Å². The third-order valence-electron chi connectivity index (χ3n) is 6.51. The van der Waals surface area contributed by atoms with Crippen LogP contribution in [0.15, 0.2) is 66.7 Å². The molecule has 0 fully saturated rings. The Balaban J connectivity index is 1.54. The fourth-order valence-corrected chi connectivity index (χ4v) is 4.37. The molecule has 0 saturated heterocycles. The first-order chi connectivity index (χ1) is 16.9. The Morgan fingerprint density at radius 1 is 1.03 bits per heavy atom. The maximum absolute atomic E-state index is 12.9. The lowest BCUT2D eigenvalue weighted by atomic mass is 10.0. The fourth-order valence-electron chi connectivity index (χ4n) is 4.37. The smallest absolute Gasteiger partial charge is 0.251 e. The fraction of sp³-hybridized carbons (Fsp3) is 0.267. The van der Waals surface area contributed by atoms with E-state index in [1.807, 2.05) is 54.6 Å². The van der Waals surface area contributed by atoms with Gasteiger partial charge in [0.25, 0.3) is 5.91 Å². The molecule has 1 amide bonds. The average Bonchev–Trinajstić information content (AvgIpc) is 3.10. The van der Waals surface area contributed by atoms with Gasteiger partial charge >= 0.3 is 0 Å². The number of ether oxygens (including phenoxy) is 1. The minimum Gasteiger partial charge on any atom is -0.479 e. The average molecular weight is 466 g/mol. The molecule has 0 unspecified atom stereocenters. The van der Waals surface area contributed by atoms with Gasteiger partial charge in [0.05, 0.1) is 0 Å². The van der Waals surface area contributed by atoms with E-state index >= 15 is 0 Å². The van der Waals surface area contributed by atoms with Crippen molar-refractivity contribution < 1.29 is 9.53 Å². The predicted octanol–water partition coefficient (Wildman–Crippen LogP) is 6.26. The summed E-state index contributed by atoms with van der Waals surface area (Å²) in [4.78, 5) is 12.9. The zero-order chi connectivity index (χ0) is 24.9. The number of carbonyl (C=O) groups excluding carboxylic acids is 1. The molecular formula is C30H31N3O2. The van der Waals surface area contributed by atoms with Crippen LogP contribution in [0.5, 0.6) is 5.75 Å². The highest BCUT2D eigenvalue weighted by molar-refractivity contribution is 5.99. The molecule has 0 aliphatic heterocycles. The SMILES string of the molecule is Cc1c(C)n(Cc2cccc(OCC#N)c2)c2ccc(C(=O)NCc3cccc(C(C)C)c3)cc12. The molecule has 4 aromatic rings. The second kappa shape index (κ2) is 10.5. The zero-order valence-electron chi connectivity index (χ0n) is 20.8. The van der Waals surface area contributed by atoms with Crippen molar-refractivity contribution in [2.24, 2.45) is 0 Å². The Hall–Kier alpha value is -4.04. The van der Waals surface area contributed by atoms with E-state index in [2.05, 4.69) is 55.8 Å². The number of nitrogens with zero attached hydrogens (tertiary/aromatic N) is 2. The summed E-state index contributed by atoms with van der Waals surface area (Å²) in [5.41, 5.74) is 7.53. The van der Waals surface area contributed by atoms with Gasteiger partial charge in [-0.3, -0.25) is 4.79 Å². The number of fused-ring (bicyclic) bond motifs is 1. The molecule has 0 radical (unpaired) electrons. The normalized spacial score (nSPS) is 11.0. The summed E-state index contributed by atoms with van der Waals surface area (Å²) in [6.45, 7) is 9.75. The number of carbonyl (C=O) groups is 1. The van der Waals surface area contributed by atoms with Gasteiger partial charge in [0.2, 0.25) is 0 Å². The van der Waals surface area contributed by atoms with E-state index in [1.54, 1.807) is 0 Å². The van der Waals surface area contributed by atoms with Crippen LogP contribution in [0.2, 0.25) is 0 Å². The molecule has 0 atom stereocenters. The molecule has 1 aromatic heterocycles. The molecule has 0 bridgehead atoms. The summed E-state index contributed by atoms with van der Waals surface area (Å²) in [5, 5.41) is 12.9. The molecule has 0 aliphatic rings. The Labute approximate surface area is 207 Å². The number of aromatic nitrogens is 1. The van der Waals surface area contributed by atoms with Crippen LogP contribution in [0.3, 0.4) is 0 Å². The standard InChI is InChI=1S/C30H31N3O2/c1-20(2)25-9-5-7-23(15-25)18-32-30(34)26-11-12-29-28(17-26)21(3)22(4)33(29)19-24-8-6-10-27(16-24)35-14-13-31/h5-12,15-17,20H,14,18-19H2,1-4H3,(H,32,34). The summed E-state index contributed by atoms with van der Waals surface area (Å²) in [6.07, 6.45) is 0. The van der Waals surface area contributed by atoms with Crippen LogP contribution in [0.1, 0.15) is 58.1 Å². The van der Waals surface area contributed by atoms with E-state index in [-0.39, 0.29) is 12.5 Å². The first-order valence-electron chi connectivity index (χ1n) is 11.9. The van der Waals surface area contributed by atoms with E-state index in [9.17, 15) is 4.79 Å². The third-order valence-corrected chi connectivity index (χ3v) is 6.51. The van der Waals surface area contributed by atoms with Gasteiger partial charge in [0.15, 0.2) is 6.61 Å². The van der Waals surface area contributed by atoms with Gasteiger partial charge in [0, 0.05) is 35.2 Å². The zero-order valence-corrected chi connectivity index (χ0v) is 20.8. The highest BCUT2D eigenvalue weighted by Crippen LogP contribution is 2.28. The number of nitriles is 1. The molecule has 0 aliphatic carbocycles. The topological polar surface area (TPSA) is 67.0 Å². The molecule has 35 heavy (non-hydrogen) atoms. The van der Waals surface area contributed by atoms with Crippen molar-refractivity contribution in [1.29, 1.82) is 5.26 Å². The van der Waals surface area contributed by atoms with Gasteiger partial charge in [0.1, 0.15) is 11.8 Å². The first kappa shape index (κ1) is 24.1. The Kier molecular flexibility index (Phi) is 7.22. The molecule has 178 valence electrons. The van der Waals surface area contributed by atoms with Crippen molar-refractivity contribution in [3.8, 4) is 11.8 Å². The van der Waals surface area contributed by atoms with E-state index in [0.717, 1.165) is 33.3 Å². The third kappa shape index (κ3) is 5.38. The second-order valence-corrected chi connectivity index (χ2v) is 9.21. The number of aryl methyl sites for hydroxylation is 1. The van der Waals surface area contributed by atoms with Crippen molar-refractivity contribution >= 4 is 16.8 Å². The van der Waals surface area contributed by atoms with Crippen LogP contribution in [0, 0.1) is 25.2 Å². The van der Waals surface area contributed by atoms with Gasteiger partial charge in [-0.15, -0.1) is 0 Å². The molecule has 0 spiro atoms. The minimum absolute atomic E-state index is 0.0298. The molecular weight excluding hydrogens is 434 g/mol. The first-order valence-corrected chi connectivity index (χ1v) is 11.9. The van der Waals surface area contributed by atoms with Crippen LogP contribution in [0.25, 0.3) is 10.9 Å². The van der Waals surface area contributed by atoms with Crippen LogP contribution < -0.4 is 10.1 Å². The van der Waals surface area contributed by atoms with Gasteiger partial charge in [-0.05, 0) is 72.4 Å². The van der Waals surface area contributed by atoms with E-state index in [1.165, 1.54) is 5.56 Å². The number of hydrogen-bond donors (Lipinski definition) is 1. The van der Waals surface area contributed by atoms with Crippen LogP contribution in [-0.2, 0) is 13.1 Å². The maximum atomic E-state index is 12.9. The lowest BCUT2D eigenvalue weighted by Gasteiger charge is -2.11. The quantitative estimate of drug-likeness (QED) is 0.334. The molecule has 4 rings (SSSR count). The van der Waals surface area contributed by atoms with Gasteiger partial charge in [-0.25, -0.2) is 0 Å². The van der Waals surface area contributed by atoms with Crippen LogP contribution >= 0.6 is 0 Å². The predicted molar refractivity (Wildman–Crippen MR) is 140 cm³/mol. The number of rotatable bonds is 8. The van der Waals surface area contributed by atoms with Crippen molar-refractivity contribution in [3.63, 3.8) is 0 Å². The summed E-state index contributed by atoms with van der Waals surface area (Å²) in [6, 6.07) is 24.1. The van der Waals surface area contributed by atoms with Crippen LogP contribution in [-0.4, -0.2) is 17.1 Å². The number of nitrogens with one attached hydrogen (secondary N) is 1. The molecule has 1 heterocycles. The van der Waals surface area contributed by atoms with Gasteiger partial charge < -0.3 is 14.6 Å². The molecule has 1 N–H and O–H groups in total. The highest BCUT2D eigenvalue weighted by Gasteiger charge is 2.15. The number of hydrogen-bond acceptors (Lipinski definition) is 3.